The molecule has 6 heteroatoms. The molecule has 0 saturated carbocycles. The lowest BCUT2D eigenvalue weighted by Crippen LogP contribution is -2.44. The standard InChI is InChI=1S/C15H22N6/c1-20-8-10-21(11-9-20)13-4-2-12(3-5-13)18-15-17-7-6-14(16)19-15/h2-7,15,17-18H,8-11H2,1H3,(H2,16,19)/i/hD. The third-order valence-electron chi connectivity index (χ3n) is 3.78. The molecule has 2 aliphatic rings. The number of nitrogens with two attached hydrogens (primary N) is 1. The number of aliphatic imine (C=N–C) groups is 1. The maximum absolute atomic E-state index is 7.80. The lowest BCUT2D eigenvalue weighted by atomic mass is 10.2. The highest BCUT2D eigenvalue weighted by molar-refractivity contribution is 5.92. The number of piperazine rings is 1. The normalized spacial score (nSPS) is 23.8. The quantitative estimate of drug-likeness (QED) is 0.760. The minimum Gasteiger partial charge on any atom is -0.384 e. The lowest BCUT2D eigenvalue weighted by molar-refractivity contribution is 0.313. The van der Waals surface area contributed by atoms with Crippen LogP contribution in [0.5, 0.6) is 0 Å². The Morgan fingerprint density at radius 1 is 1.29 bits per heavy atom. The van der Waals surface area contributed by atoms with Crippen LogP contribution >= 0.6 is 0 Å². The first-order valence-electron chi connectivity index (χ1n) is 7.65. The summed E-state index contributed by atoms with van der Waals surface area (Å²) in [6.07, 6.45) is 2.72. The van der Waals surface area contributed by atoms with E-state index in [1.54, 1.807) is 12.3 Å². The number of hydrogen-bond donors (Lipinski definition) is 3. The predicted octanol–water partition coefficient (Wildman–Crippen LogP) is 0.608. The SMILES string of the molecule is [2H]N1C=CC(N)=NC1Nc1ccc(N2CCN(C)CC2)cc1. The molecule has 0 aliphatic carbocycles. The van der Waals surface area contributed by atoms with Crippen LogP contribution in [0, 0.1) is 0 Å². The first-order chi connectivity index (χ1) is 10.6. The molecule has 0 amide bonds. The molecular weight excluding hydrogens is 264 g/mol. The number of rotatable bonds is 3. The zero-order valence-electron chi connectivity index (χ0n) is 13.2. The van der Waals surface area contributed by atoms with Crippen molar-refractivity contribution >= 4 is 17.2 Å². The van der Waals surface area contributed by atoms with E-state index in [1.807, 2.05) is 12.1 Å². The summed E-state index contributed by atoms with van der Waals surface area (Å²) in [4.78, 5) is 8.93. The third kappa shape index (κ3) is 3.46. The zero-order valence-corrected chi connectivity index (χ0v) is 12.2. The van der Waals surface area contributed by atoms with E-state index in [4.69, 9.17) is 7.15 Å². The maximum atomic E-state index is 7.80. The molecule has 1 saturated heterocycles. The van der Waals surface area contributed by atoms with Crippen molar-refractivity contribution in [3.8, 4) is 0 Å². The number of nitrogens with one attached hydrogen (secondary N) is 2. The van der Waals surface area contributed by atoms with E-state index in [0.29, 0.717) is 5.84 Å². The number of hydrogen-bond acceptors (Lipinski definition) is 6. The Labute approximate surface area is 126 Å². The van der Waals surface area contributed by atoms with Crippen molar-refractivity contribution < 1.29 is 1.41 Å². The third-order valence-corrected chi connectivity index (χ3v) is 3.78. The molecule has 2 heterocycles. The fraction of sp³-hybridized carbons (Fsp3) is 0.400. The molecule has 4 N–H and O–H groups in total. The second kappa shape index (κ2) is 6.05. The van der Waals surface area contributed by atoms with Crippen molar-refractivity contribution in [3.05, 3.63) is 36.5 Å². The summed E-state index contributed by atoms with van der Waals surface area (Å²) >= 11 is 0. The highest BCUT2D eigenvalue weighted by Gasteiger charge is 2.14. The van der Waals surface area contributed by atoms with E-state index in [-0.39, 0.29) is 0 Å². The first kappa shape index (κ1) is 12.5. The Balaban J connectivity index is 1.63. The second-order valence-electron chi connectivity index (χ2n) is 5.37. The Hall–Kier alpha value is -2.21. The Morgan fingerprint density at radius 3 is 2.71 bits per heavy atom. The molecule has 0 aromatic heterocycles. The Bertz CT molecular complexity index is 562. The lowest BCUT2D eigenvalue weighted by Gasteiger charge is -2.34. The maximum Gasteiger partial charge on any atom is 0.196 e. The van der Waals surface area contributed by atoms with Crippen LogP contribution in [0.2, 0.25) is 1.41 Å². The van der Waals surface area contributed by atoms with Crippen molar-refractivity contribution in [2.24, 2.45) is 10.7 Å². The van der Waals surface area contributed by atoms with Gasteiger partial charge in [-0.25, -0.2) is 4.99 Å². The Morgan fingerprint density at radius 2 is 2.00 bits per heavy atom. The van der Waals surface area contributed by atoms with E-state index in [2.05, 4.69) is 39.3 Å². The number of anilines is 2. The summed E-state index contributed by atoms with van der Waals surface area (Å²) < 4.78 is 7.80. The van der Waals surface area contributed by atoms with Gasteiger partial charge >= 0.3 is 0 Å². The van der Waals surface area contributed by atoms with E-state index in [1.165, 1.54) is 11.0 Å². The second-order valence-corrected chi connectivity index (χ2v) is 5.37. The highest BCUT2D eigenvalue weighted by Crippen LogP contribution is 2.19. The van der Waals surface area contributed by atoms with Gasteiger partial charge in [-0.1, -0.05) is 0 Å². The monoisotopic (exact) mass is 287 g/mol. The number of likely N-dealkylation sites (N-methyl/N-ethyl adjacent to an activating group) is 1. The van der Waals surface area contributed by atoms with Gasteiger partial charge in [-0.15, -0.1) is 0 Å². The van der Waals surface area contributed by atoms with Gasteiger partial charge < -0.3 is 26.2 Å². The topological polar surface area (TPSA) is 68.9 Å². The van der Waals surface area contributed by atoms with E-state index in [0.717, 1.165) is 31.9 Å². The zero-order chi connectivity index (χ0) is 15.5. The van der Waals surface area contributed by atoms with Crippen LogP contribution < -0.4 is 21.3 Å². The van der Waals surface area contributed by atoms with Gasteiger partial charge in [0, 0.05) is 43.8 Å². The fourth-order valence-electron chi connectivity index (χ4n) is 2.47. The van der Waals surface area contributed by atoms with Gasteiger partial charge in [0.25, 0.3) is 0 Å². The smallest absolute Gasteiger partial charge is 0.196 e. The first-order valence-corrected chi connectivity index (χ1v) is 7.20. The minimum atomic E-state index is -0.487. The highest BCUT2D eigenvalue weighted by atomic mass is 15.3. The van der Waals surface area contributed by atoms with E-state index >= 15 is 0 Å². The molecule has 2 aliphatic heterocycles. The van der Waals surface area contributed by atoms with Crippen LogP contribution in [0.15, 0.2) is 41.5 Å². The van der Waals surface area contributed by atoms with Gasteiger partial charge in [-0.2, -0.15) is 0 Å². The molecule has 0 bridgehead atoms. The molecule has 3 rings (SSSR count). The summed E-state index contributed by atoms with van der Waals surface area (Å²) in [5.74, 6) is 0.426. The van der Waals surface area contributed by atoms with Crippen LogP contribution in [0.3, 0.4) is 0 Å². The molecule has 21 heavy (non-hydrogen) atoms. The van der Waals surface area contributed by atoms with Crippen molar-refractivity contribution in [3.63, 3.8) is 0 Å². The van der Waals surface area contributed by atoms with Crippen LogP contribution in [-0.4, -0.2) is 50.3 Å². The van der Waals surface area contributed by atoms with Crippen molar-refractivity contribution in [1.29, 1.82) is 0 Å². The molecule has 0 spiro atoms. The molecule has 1 aromatic rings. The summed E-state index contributed by atoms with van der Waals surface area (Å²) in [7, 11) is 2.15. The summed E-state index contributed by atoms with van der Waals surface area (Å²) in [5.41, 5.74) is 7.83. The molecule has 1 atom stereocenters. The van der Waals surface area contributed by atoms with Crippen LogP contribution in [-0.2, 0) is 0 Å². The number of nitrogens with zero attached hydrogens (tertiary/aromatic N) is 3. The fourth-order valence-corrected chi connectivity index (χ4v) is 2.47. The van der Waals surface area contributed by atoms with Crippen LogP contribution in [0.1, 0.15) is 0 Å². The van der Waals surface area contributed by atoms with Gasteiger partial charge in [0.05, 0.1) is 0 Å². The summed E-state index contributed by atoms with van der Waals surface area (Å²) in [5, 5.41) is 4.43. The largest absolute Gasteiger partial charge is 0.384 e. The minimum absolute atomic E-state index is 0.426. The summed E-state index contributed by atoms with van der Waals surface area (Å²) in [6, 6.07) is 8.25. The molecule has 1 aromatic carbocycles. The van der Waals surface area contributed by atoms with Gasteiger partial charge in [0.15, 0.2) is 7.70 Å². The van der Waals surface area contributed by atoms with Gasteiger partial charge in [-0.05, 0) is 37.4 Å². The molecule has 112 valence electrons. The molecule has 1 fully saturated rings. The average molecular weight is 287 g/mol. The molecule has 1 unspecified atom stereocenters. The predicted molar refractivity (Wildman–Crippen MR) is 87.5 cm³/mol. The van der Waals surface area contributed by atoms with Crippen molar-refractivity contribution in [2.75, 3.05) is 43.4 Å². The van der Waals surface area contributed by atoms with E-state index in [9.17, 15) is 0 Å². The molecular formula is C15H22N6. The number of benzene rings is 1. The van der Waals surface area contributed by atoms with Gasteiger partial charge in [0.1, 0.15) is 5.84 Å². The van der Waals surface area contributed by atoms with E-state index < -0.39 is 6.29 Å². The van der Waals surface area contributed by atoms with Crippen molar-refractivity contribution in [1.82, 2.24) is 10.2 Å². The molecule has 0 radical (unpaired) electrons. The van der Waals surface area contributed by atoms with Gasteiger partial charge in [0.2, 0.25) is 0 Å². The van der Waals surface area contributed by atoms with Crippen molar-refractivity contribution in [2.45, 2.75) is 6.29 Å². The van der Waals surface area contributed by atoms with Gasteiger partial charge in [-0.3, -0.25) is 0 Å². The average Bonchev–Trinajstić information content (AvgIpc) is 2.53. The Kier molecular flexibility index (Phi) is 3.61. The molecule has 6 nitrogen and oxygen atoms in total. The number of amidine groups is 1. The van der Waals surface area contributed by atoms with Crippen LogP contribution in [0.4, 0.5) is 11.4 Å². The van der Waals surface area contributed by atoms with Crippen LogP contribution in [0.25, 0.3) is 0 Å². The summed E-state index contributed by atoms with van der Waals surface area (Å²) in [6.45, 7) is 4.29.